The van der Waals surface area contributed by atoms with Crippen LogP contribution in [0.4, 0.5) is 0 Å². The Morgan fingerprint density at radius 2 is 1.72 bits per heavy atom. The fourth-order valence-corrected chi connectivity index (χ4v) is 3.38. The van der Waals surface area contributed by atoms with Gasteiger partial charge in [-0.1, -0.05) is 55.6 Å². The standard InChI is InChI=1S/C23H17Br2ClN2O4/c1-14(31-18-9-6-16(24)7-10-18)22(29)28-27-13-15-12-17(25)8-11-21(15)32-23(30)19-4-2-3-5-20(19)26/h2-14H,1H3,(H,28,29)/b27-13-/t14-/m1/s1. The number of rotatable bonds is 7. The molecule has 0 aliphatic rings. The number of halogens is 3. The van der Waals surface area contributed by atoms with Crippen LogP contribution in [0.1, 0.15) is 22.8 Å². The Morgan fingerprint density at radius 3 is 2.44 bits per heavy atom. The quantitative estimate of drug-likeness (QED) is 0.161. The van der Waals surface area contributed by atoms with Crippen molar-refractivity contribution in [2.45, 2.75) is 13.0 Å². The van der Waals surface area contributed by atoms with Gasteiger partial charge in [-0.25, -0.2) is 10.2 Å². The van der Waals surface area contributed by atoms with Gasteiger partial charge in [0.15, 0.2) is 6.10 Å². The zero-order valence-electron chi connectivity index (χ0n) is 16.7. The molecule has 0 unspecified atom stereocenters. The third-order valence-corrected chi connectivity index (χ3v) is 5.49. The summed E-state index contributed by atoms with van der Waals surface area (Å²) in [5.41, 5.74) is 3.14. The van der Waals surface area contributed by atoms with Gasteiger partial charge < -0.3 is 9.47 Å². The summed E-state index contributed by atoms with van der Waals surface area (Å²) >= 11 is 12.8. The number of hydrogen-bond donors (Lipinski definition) is 1. The van der Waals surface area contributed by atoms with Gasteiger partial charge in [-0.3, -0.25) is 4.79 Å². The first kappa shape index (κ1) is 24.0. The van der Waals surface area contributed by atoms with Gasteiger partial charge in [0.2, 0.25) is 0 Å². The number of amides is 1. The van der Waals surface area contributed by atoms with E-state index in [9.17, 15) is 9.59 Å². The number of ether oxygens (including phenoxy) is 2. The third-order valence-electron chi connectivity index (χ3n) is 4.14. The molecule has 3 aromatic carbocycles. The van der Waals surface area contributed by atoms with Crippen LogP contribution >= 0.6 is 43.5 Å². The van der Waals surface area contributed by atoms with Gasteiger partial charge in [-0.2, -0.15) is 5.10 Å². The number of nitrogens with one attached hydrogen (secondary N) is 1. The zero-order chi connectivity index (χ0) is 23.1. The second-order valence-corrected chi connectivity index (χ2v) is 8.74. The lowest BCUT2D eigenvalue weighted by Crippen LogP contribution is -2.33. The minimum Gasteiger partial charge on any atom is -0.481 e. The first-order valence-corrected chi connectivity index (χ1v) is 11.3. The molecule has 0 saturated carbocycles. The van der Waals surface area contributed by atoms with E-state index in [4.69, 9.17) is 21.1 Å². The van der Waals surface area contributed by atoms with E-state index in [1.807, 2.05) is 12.1 Å². The summed E-state index contributed by atoms with van der Waals surface area (Å²) in [7, 11) is 0. The molecule has 0 radical (unpaired) electrons. The molecule has 1 amide bonds. The Hall–Kier alpha value is -2.68. The monoisotopic (exact) mass is 578 g/mol. The Balaban J connectivity index is 1.66. The molecule has 1 atom stereocenters. The van der Waals surface area contributed by atoms with Crippen LogP contribution in [0.25, 0.3) is 0 Å². The zero-order valence-corrected chi connectivity index (χ0v) is 20.6. The van der Waals surface area contributed by atoms with Crippen molar-refractivity contribution in [1.82, 2.24) is 5.43 Å². The number of hydrogen-bond acceptors (Lipinski definition) is 5. The number of carbonyl (C=O) groups excluding carboxylic acids is 2. The number of esters is 1. The third kappa shape index (κ3) is 6.66. The topological polar surface area (TPSA) is 77.0 Å². The summed E-state index contributed by atoms with van der Waals surface area (Å²) in [5, 5.41) is 4.26. The first-order chi connectivity index (χ1) is 15.3. The highest BCUT2D eigenvalue weighted by Gasteiger charge is 2.16. The summed E-state index contributed by atoms with van der Waals surface area (Å²) < 4.78 is 12.7. The summed E-state index contributed by atoms with van der Waals surface area (Å²) in [5.74, 6) is -0.224. The number of carbonyl (C=O) groups is 2. The van der Waals surface area contributed by atoms with Crippen LogP contribution < -0.4 is 14.9 Å². The largest absolute Gasteiger partial charge is 0.481 e. The van der Waals surface area contributed by atoms with Crippen molar-refractivity contribution in [3.63, 3.8) is 0 Å². The van der Waals surface area contributed by atoms with Crippen molar-refractivity contribution in [2.24, 2.45) is 5.10 Å². The van der Waals surface area contributed by atoms with Gasteiger partial charge in [0.05, 0.1) is 16.8 Å². The summed E-state index contributed by atoms with van der Waals surface area (Å²) in [6.07, 6.45) is 0.609. The van der Waals surface area contributed by atoms with Crippen molar-refractivity contribution >= 4 is 61.6 Å². The van der Waals surface area contributed by atoms with Crippen LogP contribution in [-0.4, -0.2) is 24.2 Å². The van der Waals surface area contributed by atoms with Gasteiger partial charge in [-0.05, 0) is 61.5 Å². The molecular formula is C23H17Br2ClN2O4. The van der Waals surface area contributed by atoms with Crippen molar-refractivity contribution in [2.75, 3.05) is 0 Å². The smallest absolute Gasteiger partial charge is 0.345 e. The van der Waals surface area contributed by atoms with Crippen molar-refractivity contribution in [3.05, 3.63) is 91.8 Å². The molecule has 0 fully saturated rings. The van der Waals surface area contributed by atoms with Gasteiger partial charge in [0.25, 0.3) is 5.91 Å². The fraction of sp³-hybridized carbons (Fsp3) is 0.0870. The highest BCUT2D eigenvalue weighted by molar-refractivity contribution is 9.10. The Bertz CT molecular complexity index is 1150. The highest BCUT2D eigenvalue weighted by Crippen LogP contribution is 2.24. The molecule has 6 nitrogen and oxygen atoms in total. The maximum Gasteiger partial charge on any atom is 0.345 e. The van der Waals surface area contributed by atoms with E-state index in [1.165, 1.54) is 6.21 Å². The molecule has 3 aromatic rings. The SMILES string of the molecule is C[C@@H](Oc1ccc(Br)cc1)C(=O)N/N=C\c1cc(Br)ccc1OC(=O)c1ccccc1Cl. The van der Waals surface area contributed by atoms with Crippen LogP contribution in [0, 0.1) is 0 Å². The molecule has 0 saturated heterocycles. The lowest BCUT2D eigenvalue weighted by molar-refractivity contribution is -0.127. The van der Waals surface area contributed by atoms with Crippen molar-refractivity contribution < 1.29 is 19.1 Å². The van der Waals surface area contributed by atoms with Crippen LogP contribution in [0.2, 0.25) is 5.02 Å². The molecule has 9 heteroatoms. The molecule has 1 N–H and O–H groups in total. The Morgan fingerprint density at radius 1 is 1.03 bits per heavy atom. The second-order valence-electron chi connectivity index (χ2n) is 6.50. The summed E-state index contributed by atoms with van der Waals surface area (Å²) in [4.78, 5) is 24.8. The first-order valence-electron chi connectivity index (χ1n) is 9.35. The molecule has 0 spiro atoms. The predicted octanol–water partition coefficient (Wildman–Crippen LogP) is 6.00. The van der Waals surface area contributed by atoms with E-state index in [0.29, 0.717) is 11.3 Å². The van der Waals surface area contributed by atoms with Crippen LogP contribution in [0.5, 0.6) is 11.5 Å². The molecule has 3 rings (SSSR count). The number of hydrazone groups is 1. The highest BCUT2D eigenvalue weighted by atomic mass is 79.9. The van der Waals surface area contributed by atoms with Gasteiger partial charge in [-0.15, -0.1) is 0 Å². The van der Waals surface area contributed by atoms with Crippen LogP contribution in [-0.2, 0) is 4.79 Å². The van der Waals surface area contributed by atoms with Crippen molar-refractivity contribution in [1.29, 1.82) is 0 Å². The predicted molar refractivity (Wildman–Crippen MR) is 131 cm³/mol. The van der Waals surface area contributed by atoms with Gasteiger partial charge in [0.1, 0.15) is 11.5 Å². The normalized spacial score (nSPS) is 11.8. The van der Waals surface area contributed by atoms with E-state index < -0.39 is 18.0 Å². The Kier molecular flexibility index (Phi) is 8.44. The molecule has 0 aromatic heterocycles. The van der Waals surface area contributed by atoms with E-state index >= 15 is 0 Å². The minimum atomic E-state index is -0.770. The summed E-state index contributed by atoms with van der Waals surface area (Å²) in [6.45, 7) is 1.61. The van der Waals surface area contributed by atoms with Gasteiger partial charge >= 0.3 is 5.97 Å². The fourth-order valence-electron chi connectivity index (χ4n) is 2.52. The van der Waals surface area contributed by atoms with E-state index in [0.717, 1.165) is 8.95 Å². The average molecular weight is 581 g/mol. The Labute approximate surface area is 206 Å². The average Bonchev–Trinajstić information content (AvgIpc) is 2.77. The molecule has 0 aliphatic heterocycles. The maximum atomic E-state index is 12.5. The van der Waals surface area contributed by atoms with Crippen molar-refractivity contribution in [3.8, 4) is 11.5 Å². The maximum absolute atomic E-state index is 12.5. The lowest BCUT2D eigenvalue weighted by atomic mass is 10.2. The lowest BCUT2D eigenvalue weighted by Gasteiger charge is -2.13. The van der Waals surface area contributed by atoms with Crippen LogP contribution in [0.3, 0.4) is 0 Å². The molecule has 0 heterocycles. The molecule has 0 aliphatic carbocycles. The van der Waals surface area contributed by atoms with E-state index in [1.54, 1.807) is 61.5 Å². The number of benzene rings is 3. The number of nitrogens with zero attached hydrogens (tertiary/aromatic N) is 1. The molecular weight excluding hydrogens is 564 g/mol. The molecule has 0 bridgehead atoms. The summed E-state index contributed by atoms with van der Waals surface area (Å²) in [6, 6.07) is 18.8. The molecule has 32 heavy (non-hydrogen) atoms. The molecule has 164 valence electrons. The second kappa shape index (κ2) is 11.3. The van der Waals surface area contributed by atoms with E-state index in [2.05, 4.69) is 42.4 Å². The van der Waals surface area contributed by atoms with E-state index in [-0.39, 0.29) is 16.3 Å². The van der Waals surface area contributed by atoms with Gasteiger partial charge in [0, 0.05) is 14.5 Å². The van der Waals surface area contributed by atoms with Crippen LogP contribution in [0.15, 0.2) is 80.8 Å². The minimum absolute atomic E-state index is 0.243.